The lowest BCUT2D eigenvalue weighted by molar-refractivity contribution is -0.129. The Morgan fingerprint density at radius 2 is 1.77 bits per heavy atom. The number of hydrogen-bond donors (Lipinski definition) is 1. The molecule has 0 saturated carbocycles. The van der Waals surface area contributed by atoms with Crippen LogP contribution in [0.1, 0.15) is 32.0 Å². The van der Waals surface area contributed by atoms with Gasteiger partial charge in [-0.3, -0.25) is 4.79 Å². The molecule has 0 atom stereocenters. The molecule has 1 N–H and O–H groups in total. The molecule has 8 nitrogen and oxygen atoms in total. The molecule has 0 aliphatic carbocycles. The van der Waals surface area contributed by atoms with Crippen molar-refractivity contribution in [1.82, 2.24) is 14.9 Å². The van der Waals surface area contributed by atoms with Crippen molar-refractivity contribution in [2.45, 2.75) is 33.3 Å². The first kappa shape index (κ1) is 21.1. The highest BCUT2D eigenvalue weighted by atomic mass is 16.5. The number of fused-ring (bicyclic) bond motifs is 1. The second-order valence-electron chi connectivity index (χ2n) is 8.38. The number of carbonyl (C=O) groups is 1. The third kappa shape index (κ3) is 3.95. The molecule has 1 aromatic carbocycles. The molecule has 3 aromatic rings. The van der Waals surface area contributed by atoms with E-state index in [0.717, 1.165) is 22.5 Å². The summed E-state index contributed by atoms with van der Waals surface area (Å²) in [6.07, 6.45) is 0. The number of carbonyl (C=O) groups excluding carboxylic acids is 1. The van der Waals surface area contributed by atoms with Crippen molar-refractivity contribution in [3.63, 3.8) is 0 Å². The zero-order valence-electron chi connectivity index (χ0n) is 18.6. The van der Waals surface area contributed by atoms with Gasteiger partial charge in [-0.1, -0.05) is 12.1 Å². The molecular formula is C23H28N4O4. The van der Waals surface area contributed by atoms with Crippen LogP contribution >= 0.6 is 0 Å². The lowest BCUT2D eigenvalue weighted by Crippen LogP contribution is -2.48. The Labute approximate surface area is 181 Å². The molecule has 31 heavy (non-hydrogen) atoms. The highest BCUT2D eigenvalue weighted by molar-refractivity contribution is 5.87. The Hall–Kier alpha value is -3.13. The molecule has 8 heteroatoms. The van der Waals surface area contributed by atoms with E-state index < -0.39 is 5.60 Å². The Balaban J connectivity index is 1.71. The predicted octanol–water partition coefficient (Wildman–Crippen LogP) is 3.10. The Kier molecular flexibility index (Phi) is 5.35. The van der Waals surface area contributed by atoms with Crippen molar-refractivity contribution in [2.24, 2.45) is 0 Å². The van der Waals surface area contributed by atoms with Crippen LogP contribution in [0.15, 0.2) is 28.7 Å². The first-order valence-corrected chi connectivity index (χ1v) is 10.4. The summed E-state index contributed by atoms with van der Waals surface area (Å²) in [5, 5.41) is 10.2. The number of hydrogen-bond acceptors (Lipinski definition) is 7. The van der Waals surface area contributed by atoms with Crippen molar-refractivity contribution in [2.75, 3.05) is 38.2 Å². The number of aryl methyl sites for hydroxylation is 1. The summed E-state index contributed by atoms with van der Waals surface area (Å²) in [6.45, 7) is 9.73. The second kappa shape index (κ2) is 7.85. The first-order valence-electron chi connectivity index (χ1n) is 10.4. The van der Waals surface area contributed by atoms with Gasteiger partial charge in [-0.2, -0.15) is 4.98 Å². The van der Waals surface area contributed by atoms with Gasteiger partial charge in [0.05, 0.1) is 18.4 Å². The van der Waals surface area contributed by atoms with E-state index in [4.69, 9.17) is 9.15 Å². The largest absolute Gasteiger partial charge is 0.491 e. The van der Waals surface area contributed by atoms with Gasteiger partial charge in [-0.25, -0.2) is 4.98 Å². The summed E-state index contributed by atoms with van der Waals surface area (Å²) in [7, 11) is 1.61. The van der Waals surface area contributed by atoms with Crippen molar-refractivity contribution >= 4 is 22.8 Å². The Morgan fingerprint density at radius 1 is 1.13 bits per heavy atom. The summed E-state index contributed by atoms with van der Waals surface area (Å²) >= 11 is 0. The number of ether oxygens (including phenoxy) is 1. The smallest absolute Gasteiger partial charge is 0.229 e. The van der Waals surface area contributed by atoms with Gasteiger partial charge in [0, 0.05) is 38.7 Å². The van der Waals surface area contributed by atoms with Crippen LogP contribution in [-0.4, -0.2) is 59.2 Å². The molecule has 164 valence electrons. The molecule has 1 aliphatic heterocycles. The lowest BCUT2D eigenvalue weighted by Gasteiger charge is -2.36. The SMILES string of the molecule is COc1c(N2CCN(C(C)=O)CC2)c(C)nc2nc(-c3ccc(C(C)(C)O)cc3)oc12. The van der Waals surface area contributed by atoms with Crippen LogP contribution in [0, 0.1) is 6.92 Å². The number of aromatic nitrogens is 2. The number of anilines is 1. The molecule has 3 heterocycles. The highest BCUT2D eigenvalue weighted by Gasteiger charge is 2.27. The zero-order chi connectivity index (χ0) is 22.3. The zero-order valence-corrected chi connectivity index (χ0v) is 18.6. The van der Waals surface area contributed by atoms with Crippen LogP contribution in [0.25, 0.3) is 22.7 Å². The molecule has 0 radical (unpaired) electrons. The molecule has 4 rings (SSSR count). The van der Waals surface area contributed by atoms with E-state index >= 15 is 0 Å². The number of amides is 1. The van der Waals surface area contributed by atoms with Crippen molar-refractivity contribution < 1.29 is 19.1 Å². The lowest BCUT2D eigenvalue weighted by atomic mass is 9.97. The maximum Gasteiger partial charge on any atom is 0.229 e. The van der Waals surface area contributed by atoms with Crippen LogP contribution in [0.3, 0.4) is 0 Å². The number of rotatable bonds is 4. The van der Waals surface area contributed by atoms with Gasteiger partial charge in [-0.05, 0) is 38.5 Å². The summed E-state index contributed by atoms with van der Waals surface area (Å²) in [5.74, 6) is 1.14. The topological polar surface area (TPSA) is 91.9 Å². The van der Waals surface area contributed by atoms with Crippen molar-refractivity contribution in [3.05, 3.63) is 35.5 Å². The molecule has 0 spiro atoms. The van der Waals surface area contributed by atoms with Gasteiger partial charge in [-0.15, -0.1) is 0 Å². The maximum absolute atomic E-state index is 11.7. The van der Waals surface area contributed by atoms with Gasteiger partial charge in [0.1, 0.15) is 5.69 Å². The van der Waals surface area contributed by atoms with Crippen LogP contribution in [0.4, 0.5) is 5.69 Å². The Bertz CT molecular complexity index is 1110. The fourth-order valence-electron chi connectivity index (χ4n) is 3.97. The van der Waals surface area contributed by atoms with Crippen LogP contribution in [0.2, 0.25) is 0 Å². The summed E-state index contributed by atoms with van der Waals surface area (Å²) < 4.78 is 11.8. The minimum absolute atomic E-state index is 0.0902. The van der Waals surface area contributed by atoms with Crippen LogP contribution < -0.4 is 9.64 Å². The van der Waals surface area contributed by atoms with Gasteiger partial charge < -0.3 is 24.1 Å². The van der Waals surface area contributed by atoms with E-state index in [-0.39, 0.29) is 5.91 Å². The first-order chi connectivity index (χ1) is 14.7. The summed E-state index contributed by atoms with van der Waals surface area (Å²) in [6, 6.07) is 7.47. The average molecular weight is 425 g/mol. The van der Waals surface area contributed by atoms with Gasteiger partial charge in [0.25, 0.3) is 0 Å². The monoisotopic (exact) mass is 424 g/mol. The molecule has 2 aromatic heterocycles. The van der Waals surface area contributed by atoms with Gasteiger partial charge in [0.15, 0.2) is 5.75 Å². The van der Waals surface area contributed by atoms with E-state index in [1.165, 1.54) is 0 Å². The number of methoxy groups -OCH3 is 1. The molecule has 1 aliphatic rings. The average Bonchev–Trinajstić information content (AvgIpc) is 3.16. The number of aliphatic hydroxyl groups is 1. The fourth-order valence-corrected chi connectivity index (χ4v) is 3.97. The van der Waals surface area contributed by atoms with Gasteiger partial charge >= 0.3 is 0 Å². The Morgan fingerprint density at radius 3 is 2.32 bits per heavy atom. The van der Waals surface area contributed by atoms with Crippen molar-refractivity contribution in [1.29, 1.82) is 0 Å². The number of nitrogens with zero attached hydrogens (tertiary/aromatic N) is 4. The van der Waals surface area contributed by atoms with E-state index in [9.17, 15) is 9.90 Å². The molecule has 0 bridgehead atoms. The third-order valence-electron chi connectivity index (χ3n) is 5.73. The molecule has 1 saturated heterocycles. The van der Waals surface area contributed by atoms with E-state index in [0.29, 0.717) is 49.0 Å². The highest BCUT2D eigenvalue weighted by Crippen LogP contribution is 2.40. The molecule has 1 fully saturated rings. The normalized spacial score (nSPS) is 14.9. The number of benzene rings is 1. The number of oxazole rings is 1. The quantitative estimate of drug-likeness (QED) is 0.688. The molecule has 0 unspecified atom stereocenters. The molecular weight excluding hydrogens is 396 g/mol. The second-order valence-corrected chi connectivity index (χ2v) is 8.38. The van der Waals surface area contributed by atoms with E-state index in [1.807, 2.05) is 36.1 Å². The number of pyridine rings is 1. The van der Waals surface area contributed by atoms with Crippen LogP contribution in [0.5, 0.6) is 5.75 Å². The summed E-state index contributed by atoms with van der Waals surface area (Å²) in [4.78, 5) is 24.9. The fraction of sp³-hybridized carbons (Fsp3) is 0.435. The minimum Gasteiger partial charge on any atom is -0.491 e. The van der Waals surface area contributed by atoms with E-state index in [2.05, 4.69) is 14.9 Å². The predicted molar refractivity (Wildman–Crippen MR) is 118 cm³/mol. The summed E-state index contributed by atoms with van der Waals surface area (Å²) in [5.41, 5.74) is 3.35. The maximum atomic E-state index is 11.7. The van der Waals surface area contributed by atoms with Crippen molar-refractivity contribution in [3.8, 4) is 17.2 Å². The minimum atomic E-state index is -0.914. The molecule has 1 amide bonds. The van der Waals surface area contributed by atoms with E-state index in [1.54, 1.807) is 27.9 Å². The number of piperazine rings is 1. The standard InChI is InChI=1S/C23H28N4O4/c1-14-18(27-12-10-26(11-13-27)15(2)28)19(30-5)20-21(24-14)25-22(31-20)16-6-8-17(9-7-16)23(3,4)29/h6-9,29H,10-13H2,1-5H3. The van der Waals surface area contributed by atoms with Crippen LogP contribution in [-0.2, 0) is 10.4 Å². The third-order valence-corrected chi connectivity index (χ3v) is 5.73. The van der Waals surface area contributed by atoms with Gasteiger partial charge in [0.2, 0.25) is 23.0 Å².